The van der Waals surface area contributed by atoms with Crippen LogP contribution in [0.1, 0.15) is 86.0 Å². The molecule has 3 aliphatic rings. The number of esters is 1. The fourth-order valence-electron chi connectivity index (χ4n) is 5.78. The predicted molar refractivity (Wildman–Crippen MR) is 137 cm³/mol. The minimum Gasteiger partial charge on any atom is -0.460 e. The number of carbonyl (C=O) groups is 1. The third-order valence-corrected chi connectivity index (χ3v) is 8.74. The summed E-state index contributed by atoms with van der Waals surface area (Å²) < 4.78 is 5.36. The highest BCUT2D eigenvalue weighted by Gasteiger charge is 2.44. The number of hydrogen-bond acceptors (Lipinski definition) is 5. The summed E-state index contributed by atoms with van der Waals surface area (Å²) in [5.41, 5.74) is 4.44. The highest BCUT2D eigenvalue weighted by Crippen LogP contribution is 2.55. The van der Waals surface area contributed by atoms with Gasteiger partial charge in [0, 0.05) is 18.6 Å². The Hall–Kier alpha value is -1.30. The first-order chi connectivity index (χ1) is 15.4. The van der Waals surface area contributed by atoms with Crippen molar-refractivity contribution in [2.24, 2.45) is 11.3 Å². The number of hydrogen-bond donors (Lipinski definition) is 2. The summed E-state index contributed by atoms with van der Waals surface area (Å²) >= 11 is 1.33. The van der Waals surface area contributed by atoms with Crippen LogP contribution >= 0.6 is 11.8 Å². The van der Waals surface area contributed by atoms with E-state index in [1.807, 2.05) is 20.8 Å². The summed E-state index contributed by atoms with van der Waals surface area (Å²) in [4.78, 5) is 10.9. The van der Waals surface area contributed by atoms with E-state index >= 15 is 0 Å². The van der Waals surface area contributed by atoms with Crippen molar-refractivity contribution in [1.82, 2.24) is 0 Å². The highest BCUT2D eigenvalue weighted by molar-refractivity contribution is 8.00. The van der Waals surface area contributed by atoms with Gasteiger partial charge in [-0.2, -0.15) is 0 Å². The van der Waals surface area contributed by atoms with Gasteiger partial charge < -0.3 is 14.9 Å². The number of allylic oxidation sites excluding steroid dienone is 5. The Morgan fingerprint density at radius 3 is 2.76 bits per heavy atom. The summed E-state index contributed by atoms with van der Waals surface area (Å²) in [7, 11) is 0. The van der Waals surface area contributed by atoms with Crippen molar-refractivity contribution in [3.8, 4) is 0 Å². The average molecular weight is 475 g/mol. The molecule has 3 rings (SSSR count). The molecule has 0 aromatic heterocycles. The van der Waals surface area contributed by atoms with E-state index in [0.29, 0.717) is 23.7 Å². The van der Waals surface area contributed by atoms with Crippen LogP contribution in [0.15, 0.2) is 47.1 Å². The number of aliphatic hydroxyl groups excluding tert-OH is 1. The maximum absolute atomic E-state index is 12.0. The molecule has 5 heteroatoms. The molecule has 0 heterocycles. The van der Waals surface area contributed by atoms with Gasteiger partial charge in [-0.05, 0) is 75.4 Å². The molecule has 0 radical (unpaired) electrons. The van der Waals surface area contributed by atoms with Crippen molar-refractivity contribution in [2.45, 2.75) is 103 Å². The lowest BCUT2D eigenvalue weighted by atomic mass is 9.64. The molecule has 0 amide bonds. The van der Waals surface area contributed by atoms with Crippen molar-refractivity contribution in [3.63, 3.8) is 0 Å². The fraction of sp³-hybridized carbons (Fsp3) is 0.679. The van der Waals surface area contributed by atoms with Gasteiger partial charge in [0.25, 0.3) is 0 Å². The predicted octanol–water partition coefficient (Wildman–Crippen LogP) is 6.25. The van der Waals surface area contributed by atoms with E-state index in [2.05, 4.69) is 38.7 Å². The van der Waals surface area contributed by atoms with Crippen LogP contribution in [0, 0.1) is 11.3 Å². The number of carbonyl (C=O) groups excluding carboxylic acids is 1. The normalized spacial score (nSPS) is 35.0. The molecule has 2 saturated carbocycles. The van der Waals surface area contributed by atoms with E-state index in [4.69, 9.17) is 4.74 Å². The Morgan fingerprint density at radius 2 is 2.09 bits per heavy atom. The zero-order valence-corrected chi connectivity index (χ0v) is 21.9. The van der Waals surface area contributed by atoms with Gasteiger partial charge >= 0.3 is 5.97 Å². The van der Waals surface area contributed by atoms with Gasteiger partial charge in [-0.1, -0.05) is 49.8 Å². The number of thioether (sulfide) groups is 1. The lowest BCUT2D eigenvalue weighted by molar-refractivity contribution is -0.154. The largest absolute Gasteiger partial charge is 0.460 e. The Balaban J connectivity index is 1.68. The molecule has 0 aromatic rings. The summed E-state index contributed by atoms with van der Waals surface area (Å²) in [6, 6.07) is 0. The minimum absolute atomic E-state index is 0.225. The second-order valence-corrected chi connectivity index (χ2v) is 12.6. The molecular weight excluding hydrogens is 432 g/mol. The standard InChI is InChI=1S/C28H42O4S/c1-7-22-12-13-23-20(9-8-15-27(22,23)6)10-11-21-17-28(31,18-24(29)19(21)2)33-16-14-25(30)32-26(3,4)5/h10-12,23-24,29,31H,2,7-9,13-18H2,1,3-6H3/t23-,24-,27+,28-/m0/s1. The molecule has 0 bridgehead atoms. The molecule has 184 valence electrons. The van der Waals surface area contributed by atoms with Gasteiger partial charge in [-0.15, -0.1) is 11.8 Å². The second kappa shape index (κ2) is 10.1. The zero-order chi connectivity index (χ0) is 24.4. The van der Waals surface area contributed by atoms with Crippen LogP contribution in [0.2, 0.25) is 0 Å². The molecule has 2 N–H and O–H groups in total. The van der Waals surface area contributed by atoms with E-state index in [0.717, 1.165) is 24.8 Å². The van der Waals surface area contributed by atoms with E-state index in [1.165, 1.54) is 30.2 Å². The quantitative estimate of drug-likeness (QED) is 0.271. The first-order valence-corrected chi connectivity index (χ1v) is 13.4. The Labute approximate surface area is 204 Å². The lowest BCUT2D eigenvalue weighted by Crippen LogP contribution is -2.37. The van der Waals surface area contributed by atoms with Crippen molar-refractivity contribution >= 4 is 17.7 Å². The second-order valence-electron chi connectivity index (χ2n) is 11.1. The molecule has 0 unspecified atom stereocenters. The fourth-order valence-corrected chi connectivity index (χ4v) is 6.96. The van der Waals surface area contributed by atoms with Crippen molar-refractivity contribution in [1.29, 1.82) is 0 Å². The van der Waals surface area contributed by atoms with E-state index in [-0.39, 0.29) is 24.2 Å². The Bertz CT molecular complexity index is 862. The number of aliphatic hydroxyl groups is 2. The minimum atomic E-state index is -1.11. The van der Waals surface area contributed by atoms with Crippen LogP contribution in [0.4, 0.5) is 0 Å². The summed E-state index contributed by atoms with van der Waals surface area (Å²) in [5, 5.41) is 21.8. The average Bonchev–Trinajstić information content (AvgIpc) is 3.05. The van der Waals surface area contributed by atoms with E-state index in [1.54, 1.807) is 5.57 Å². The first-order valence-electron chi connectivity index (χ1n) is 12.4. The van der Waals surface area contributed by atoms with Crippen molar-refractivity contribution in [3.05, 3.63) is 47.1 Å². The van der Waals surface area contributed by atoms with Gasteiger partial charge in [-0.3, -0.25) is 4.79 Å². The van der Waals surface area contributed by atoms with Crippen LogP contribution in [-0.4, -0.2) is 38.6 Å². The van der Waals surface area contributed by atoms with Crippen molar-refractivity contribution in [2.75, 3.05) is 5.75 Å². The maximum Gasteiger partial charge on any atom is 0.307 e. The van der Waals surface area contributed by atoms with Crippen LogP contribution in [0.3, 0.4) is 0 Å². The molecule has 33 heavy (non-hydrogen) atoms. The highest BCUT2D eigenvalue weighted by atomic mass is 32.2. The Kier molecular flexibility index (Phi) is 8.08. The summed E-state index contributed by atoms with van der Waals surface area (Å²) in [5.74, 6) is 0.740. The topological polar surface area (TPSA) is 66.8 Å². The van der Waals surface area contributed by atoms with Gasteiger partial charge in [0.05, 0.1) is 12.5 Å². The number of fused-ring (bicyclic) bond motifs is 1. The van der Waals surface area contributed by atoms with E-state index in [9.17, 15) is 15.0 Å². The Morgan fingerprint density at radius 1 is 1.36 bits per heavy atom. The smallest absolute Gasteiger partial charge is 0.307 e. The molecule has 0 aromatic carbocycles. The molecule has 4 nitrogen and oxygen atoms in total. The first kappa shape index (κ1) is 26.3. The summed E-state index contributed by atoms with van der Waals surface area (Å²) in [6.07, 6.45) is 12.7. The molecule has 3 aliphatic carbocycles. The monoisotopic (exact) mass is 474 g/mol. The summed E-state index contributed by atoms with van der Waals surface area (Å²) in [6.45, 7) is 14.3. The van der Waals surface area contributed by atoms with Gasteiger partial charge in [0.15, 0.2) is 0 Å². The lowest BCUT2D eigenvalue weighted by Gasteiger charge is -2.41. The SMILES string of the molecule is C=C1C(=CC=C2CCC[C@]3(C)C(CC)=CC[C@@H]23)C[C@](O)(SCCC(=O)OC(C)(C)C)C[C@@H]1O. The van der Waals surface area contributed by atoms with Crippen molar-refractivity contribution < 1.29 is 19.7 Å². The number of rotatable bonds is 6. The van der Waals surface area contributed by atoms with E-state index < -0.39 is 16.6 Å². The zero-order valence-electron chi connectivity index (χ0n) is 21.1. The molecule has 0 aliphatic heterocycles. The third-order valence-electron chi connectivity index (χ3n) is 7.48. The molecule has 0 saturated heterocycles. The van der Waals surface area contributed by atoms with Crippen LogP contribution in [0.25, 0.3) is 0 Å². The van der Waals surface area contributed by atoms with Crippen LogP contribution in [-0.2, 0) is 9.53 Å². The molecular formula is C28H42O4S. The molecule has 4 atom stereocenters. The van der Waals surface area contributed by atoms with Gasteiger partial charge in [0.1, 0.15) is 10.5 Å². The van der Waals surface area contributed by atoms with Gasteiger partial charge in [0.2, 0.25) is 0 Å². The van der Waals surface area contributed by atoms with Crippen LogP contribution in [0.5, 0.6) is 0 Å². The number of ether oxygens (including phenoxy) is 1. The van der Waals surface area contributed by atoms with Gasteiger partial charge in [-0.25, -0.2) is 0 Å². The molecule has 2 fully saturated rings. The maximum atomic E-state index is 12.0. The van der Waals surface area contributed by atoms with Crippen LogP contribution < -0.4 is 0 Å². The molecule has 0 spiro atoms. The third kappa shape index (κ3) is 6.23.